The lowest BCUT2D eigenvalue weighted by atomic mass is 10.2. The van der Waals surface area contributed by atoms with Gasteiger partial charge in [0, 0.05) is 18.2 Å². The maximum Gasteiger partial charge on any atom is 0.331 e. The number of carbonyl (C=O) groups excluding carboxylic acids is 2. The molecular formula is C19H17FN2O6. The standard InChI is InChI=1S/C19H17FN2O6/c1-12-3-6-14(22(25)26)10-16(12)21-18(23)11-28-19(24)8-5-13-4-7-17(27-2)15(20)9-13/h3-10H,11H2,1-2H3,(H,21,23)/b8-5+. The van der Waals surface area contributed by atoms with E-state index in [-0.39, 0.29) is 17.1 Å². The largest absolute Gasteiger partial charge is 0.494 e. The Bertz CT molecular complexity index is 942. The Morgan fingerprint density at radius 1 is 1.25 bits per heavy atom. The molecule has 2 rings (SSSR count). The molecule has 0 aliphatic carbocycles. The molecule has 0 heterocycles. The molecule has 0 aliphatic rings. The average Bonchev–Trinajstić information content (AvgIpc) is 2.66. The van der Waals surface area contributed by atoms with Crippen molar-refractivity contribution >= 4 is 29.3 Å². The van der Waals surface area contributed by atoms with Gasteiger partial charge < -0.3 is 14.8 Å². The Balaban J connectivity index is 1.90. The summed E-state index contributed by atoms with van der Waals surface area (Å²) in [5, 5.41) is 13.2. The fourth-order valence-corrected chi connectivity index (χ4v) is 2.18. The van der Waals surface area contributed by atoms with E-state index in [1.807, 2.05) is 0 Å². The van der Waals surface area contributed by atoms with Crippen molar-refractivity contribution in [2.24, 2.45) is 0 Å². The molecule has 0 bridgehead atoms. The van der Waals surface area contributed by atoms with Crippen molar-refractivity contribution in [1.29, 1.82) is 0 Å². The van der Waals surface area contributed by atoms with Crippen LogP contribution in [0.4, 0.5) is 15.8 Å². The third-order valence-corrected chi connectivity index (χ3v) is 3.64. The molecule has 0 aromatic heterocycles. The molecular weight excluding hydrogens is 371 g/mol. The number of anilines is 1. The van der Waals surface area contributed by atoms with Crippen LogP contribution in [0.3, 0.4) is 0 Å². The number of hydrogen-bond donors (Lipinski definition) is 1. The molecule has 146 valence electrons. The average molecular weight is 388 g/mol. The van der Waals surface area contributed by atoms with Crippen molar-refractivity contribution in [2.75, 3.05) is 19.0 Å². The summed E-state index contributed by atoms with van der Waals surface area (Å²) in [5.74, 6) is -1.96. The first-order valence-electron chi connectivity index (χ1n) is 8.03. The second kappa shape index (κ2) is 9.26. The molecule has 0 saturated carbocycles. The molecule has 28 heavy (non-hydrogen) atoms. The van der Waals surface area contributed by atoms with Gasteiger partial charge in [0.05, 0.1) is 17.7 Å². The molecule has 9 heteroatoms. The number of benzene rings is 2. The first-order chi connectivity index (χ1) is 13.3. The number of ether oxygens (including phenoxy) is 2. The number of halogens is 1. The van der Waals surface area contributed by atoms with Crippen LogP contribution in [0, 0.1) is 22.9 Å². The zero-order valence-corrected chi connectivity index (χ0v) is 15.1. The molecule has 0 saturated heterocycles. The fourth-order valence-electron chi connectivity index (χ4n) is 2.18. The van der Waals surface area contributed by atoms with E-state index in [1.165, 1.54) is 43.5 Å². The van der Waals surface area contributed by atoms with Gasteiger partial charge in [0.15, 0.2) is 18.2 Å². The molecule has 0 radical (unpaired) electrons. The van der Waals surface area contributed by atoms with Gasteiger partial charge in [-0.3, -0.25) is 14.9 Å². The first kappa shape index (κ1) is 20.6. The van der Waals surface area contributed by atoms with Gasteiger partial charge >= 0.3 is 5.97 Å². The van der Waals surface area contributed by atoms with Crippen molar-refractivity contribution in [3.63, 3.8) is 0 Å². The van der Waals surface area contributed by atoms with Crippen LogP contribution in [0.15, 0.2) is 42.5 Å². The maximum atomic E-state index is 13.6. The SMILES string of the molecule is COc1ccc(/C=C/C(=O)OCC(=O)Nc2cc([N+](=O)[O-])ccc2C)cc1F. The lowest BCUT2D eigenvalue weighted by Crippen LogP contribution is -2.20. The van der Waals surface area contributed by atoms with Crippen LogP contribution in [0.1, 0.15) is 11.1 Å². The lowest BCUT2D eigenvalue weighted by molar-refractivity contribution is -0.384. The third kappa shape index (κ3) is 5.63. The van der Waals surface area contributed by atoms with Crippen LogP contribution in [0.25, 0.3) is 6.08 Å². The zero-order chi connectivity index (χ0) is 20.7. The minimum absolute atomic E-state index is 0.0767. The number of non-ortho nitro benzene ring substituents is 1. The fraction of sp³-hybridized carbons (Fsp3) is 0.158. The first-order valence-corrected chi connectivity index (χ1v) is 8.03. The summed E-state index contributed by atoms with van der Waals surface area (Å²) >= 11 is 0. The summed E-state index contributed by atoms with van der Waals surface area (Å²) in [4.78, 5) is 33.8. The highest BCUT2D eigenvalue weighted by atomic mass is 19.1. The Labute approximate surface area is 159 Å². The van der Waals surface area contributed by atoms with E-state index in [9.17, 15) is 24.1 Å². The van der Waals surface area contributed by atoms with Crippen molar-refractivity contribution in [3.8, 4) is 5.75 Å². The summed E-state index contributed by atoms with van der Waals surface area (Å²) in [6.07, 6.45) is 2.38. The van der Waals surface area contributed by atoms with E-state index >= 15 is 0 Å². The topological polar surface area (TPSA) is 108 Å². The number of nitro groups is 1. The molecule has 0 atom stereocenters. The molecule has 2 aromatic rings. The Hall–Kier alpha value is -3.75. The smallest absolute Gasteiger partial charge is 0.331 e. The van der Waals surface area contributed by atoms with E-state index in [2.05, 4.69) is 5.32 Å². The van der Waals surface area contributed by atoms with E-state index in [1.54, 1.807) is 13.0 Å². The number of aryl methyl sites for hydroxylation is 1. The van der Waals surface area contributed by atoms with Crippen LogP contribution >= 0.6 is 0 Å². The second-order valence-electron chi connectivity index (χ2n) is 5.64. The molecule has 8 nitrogen and oxygen atoms in total. The van der Waals surface area contributed by atoms with Gasteiger partial charge in [0.25, 0.3) is 11.6 Å². The molecule has 1 N–H and O–H groups in total. The quantitative estimate of drug-likeness (QED) is 0.338. The molecule has 0 spiro atoms. The van der Waals surface area contributed by atoms with Gasteiger partial charge in [-0.15, -0.1) is 0 Å². The van der Waals surface area contributed by atoms with Crippen molar-refractivity contribution in [2.45, 2.75) is 6.92 Å². The second-order valence-corrected chi connectivity index (χ2v) is 5.64. The third-order valence-electron chi connectivity index (χ3n) is 3.64. The van der Waals surface area contributed by atoms with Crippen LogP contribution in [0.2, 0.25) is 0 Å². The van der Waals surface area contributed by atoms with Crippen LogP contribution in [0.5, 0.6) is 5.75 Å². The lowest BCUT2D eigenvalue weighted by Gasteiger charge is -2.08. The van der Waals surface area contributed by atoms with Gasteiger partial charge in [-0.2, -0.15) is 0 Å². The number of esters is 1. The van der Waals surface area contributed by atoms with Crippen molar-refractivity contribution in [1.82, 2.24) is 0 Å². The number of methoxy groups -OCH3 is 1. The Morgan fingerprint density at radius 2 is 2.00 bits per heavy atom. The number of nitro benzene ring substituents is 1. The molecule has 0 unspecified atom stereocenters. The highest BCUT2D eigenvalue weighted by Gasteiger charge is 2.12. The van der Waals surface area contributed by atoms with Crippen LogP contribution in [-0.2, 0) is 14.3 Å². The zero-order valence-electron chi connectivity index (χ0n) is 15.1. The number of rotatable bonds is 7. The van der Waals surface area contributed by atoms with Gasteiger partial charge in [0.2, 0.25) is 0 Å². The summed E-state index contributed by atoms with van der Waals surface area (Å²) in [6, 6.07) is 8.17. The predicted molar refractivity (Wildman–Crippen MR) is 99.4 cm³/mol. The molecule has 0 fully saturated rings. The van der Waals surface area contributed by atoms with Crippen LogP contribution in [-0.4, -0.2) is 30.5 Å². The van der Waals surface area contributed by atoms with Gasteiger partial charge in [-0.1, -0.05) is 12.1 Å². The van der Waals surface area contributed by atoms with E-state index in [0.29, 0.717) is 11.1 Å². The number of carbonyl (C=O) groups is 2. The number of hydrogen-bond acceptors (Lipinski definition) is 6. The number of nitrogens with zero attached hydrogens (tertiary/aromatic N) is 1. The normalized spacial score (nSPS) is 10.5. The van der Waals surface area contributed by atoms with Gasteiger partial charge in [0.1, 0.15) is 0 Å². The Kier molecular flexibility index (Phi) is 6.80. The highest BCUT2D eigenvalue weighted by Crippen LogP contribution is 2.22. The van der Waals surface area contributed by atoms with E-state index in [0.717, 1.165) is 6.08 Å². The summed E-state index contributed by atoms with van der Waals surface area (Å²) in [6.45, 7) is 1.09. The van der Waals surface area contributed by atoms with Crippen LogP contribution < -0.4 is 10.1 Å². The monoisotopic (exact) mass is 388 g/mol. The minimum atomic E-state index is -0.804. The van der Waals surface area contributed by atoms with Crippen molar-refractivity contribution < 1.29 is 28.4 Å². The molecule has 2 aromatic carbocycles. The van der Waals surface area contributed by atoms with E-state index < -0.39 is 29.2 Å². The van der Waals surface area contributed by atoms with Gasteiger partial charge in [-0.25, -0.2) is 9.18 Å². The van der Waals surface area contributed by atoms with Crippen molar-refractivity contribution in [3.05, 3.63) is 69.5 Å². The van der Waals surface area contributed by atoms with E-state index in [4.69, 9.17) is 9.47 Å². The highest BCUT2D eigenvalue weighted by molar-refractivity contribution is 5.95. The molecule has 1 amide bonds. The molecule has 0 aliphatic heterocycles. The predicted octanol–water partition coefficient (Wildman–Crippen LogP) is 3.25. The summed E-state index contributed by atoms with van der Waals surface area (Å²) in [7, 11) is 1.34. The minimum Gasteiger partial charge on any atom is -0.494 e. The number of nitrogens with one attached hydrogen (secondary N) is 1. The maximum absolute atomic E-state index is 13.6. The number of amides is 1. The summed E-state index contributed by atoms with van der Waals surface area (Å²) in [5.41, 5.74) is 1.10. The van der Waals surface area contributed by atoms with Gasteiger partial charge in [-0.05, 0) is 36.3 Å². The Morgan fingerprint density at radius 3 is 2.64 bits per heavy atom. The summed E-state index contributed by atoms with van der Waals surface area (Å²) < 4.78 is 23.2.